The smallest absolute Gasteiger partial charge is 0.252 e. The van der Waals surface area contributed by atoms with Gasteiger partial charge in [-0.25, -0.2) is 0 Å². The predicted molar refractivity (Wildman–Crippen MR) is 128 cm³/mol. The number of amides is 1. The summed E-state index contributed by atoms with van der Waals surface area (Å²) in [5.41, 5.74) is 4.01. The molecule has 0 aliphatic rings. The van der Waals surface area contributed by atoms with E-state index in [9.17, 15) is 9.59 Å². The van der Waals surface area contributed by atoms with Crippen LogP contribution in [0.1, 0.15) is 29.8 Å². The van der Waals surface area contributed by atoms with E-state index in [4.69, 9.17) is 4.74 Å². The van der Waals surface area contributed by atoms with Crippen molar-refractivity contribution in [3.63, 3.8) is 0 Å². The Bertz CT molecular complexity index is 1020. The lowest BCUT2D eigenvalue weighted by atomic mass is 10.0. The van der Waals surface area contributed by atoms with Crippen LogP contribution in [0.2, 0.25) is 0 Å². The summed E-state index contributed by atoms with van der Waals surface area (Å²) in [5, 5.41) is 2.83. The molecule has 0 aliphatic heterocycles. The molecule has 1 amide bonds. The minimum Gasteiger partial charge on any atom is -0.497 e. The summed E-state index contributed by atoms with van der Waals surface area (Å²) < 4.78 is 5.15. The number of hydrogen-bond acceptors (Lipinski definition) is 4. The first-order chi connectivity index (χ1) is 15.0. The Kier molecular flexibility index (Phi) is 7.90. The fourth-order valence-electron chi connectivity index (χ4n) is 3.24. The summed E-state index contributed by atoms with van der Waals surface area (Å²) in [5.74, 6) is 0.317. The van der Waals surface area contributed by atoms with Gasteiger partial charge in [-0.05, 0) is 48.2 Å². The second-order valence-electron chi connectivity index (χ2n) is 7.44. The number of carbonyl (C=O) groups is 2. The van der Waals surface area contributed by atoms with Crippen molar-refractivity contribution < 1.29 is 14.3 Å². The molecular weight excluding hydrogens is 406 g/mol. The predicted octanol–water partition coefficient (Wildman–Crippen LogP) is 5.37. The highest BCUT2D eigenvalue weighted by Crippen LogP contribution is 2.23. The van der Waals surface area contributed by atoms with Crippen molar-refractivity contribution in [2.75, 3.05) is 7.11 Å². The van der Waals surface area contributed by atoms with E-state index in [1.54, 1.807) is 38.3 Å². The third kappa shape index (κ3) is 6.46. The molecule has 0 fully saturated rings. The van der Waals surface area contributed by atoms with Gasteiger partial charge >= 0.3 is 0 Å². The molecule has 0 aromatic heterocycles. The van der Waals surface area contributed by atoms with Gasteiger partial charge in [0.2, 0.25) is 5.12 Å². The molecule has 0 saturated heterocycles. The molecule has 0 aliphatic carbocycles. The van der Waals surface area contributed by atoms with Crippen LogP contribution in [0.25, 0.3) is 11.1 Å². The van der Waals surface area contributed by atoms with Gasteiger partial charge in [-0.3, -0.25) is 9.59 Å². The molecule has 0 bridgehead atoms. The summed E-state index contributed by atoms with van der Waals surface area (Å²) in [7, 11) is 1.55. The van der Waals surface area contributed by atoms with Crippen LogP contribution in [0.15, 0.2) is 78.9 Å². The molecule has 5 heteroatoms. The zero-order valence-electron chi connectivity index (χ0n) is 18.0. The fraction of sp³-hybridized carbons (Fsp3) is 0.231. The Morgan fingerprint density at radius 2 is 1.58 bits per heavy atom. The number of benzene rings is 3. The van der Waals surface area contributed by atoms with Crippen LogP contribution < -0.4 is 10.1 Å². The third-order valence-electron chi connectivity index (χ3n) is 4.93. The van der Waals surface area contributed by atoms with Gasteiger partial charge < -0.3 is 10.1 Å². The molecule has 1 N–H and O–H groups in total. The largest absolute Gasteiger partial charge is 0.497 e. The molecule has 31 heavy (non-hydrogen) atoms. The lowest BCUT2D eigenvalue weighted by molar-refractivity contribution is -0.112. The van der Waals surface area contributed by atoms with Crippen LogP contribution in [0.5, 0.6) is 5.75 Å². The number of thioether (sulfide) groups is 1. The Hall–Kier alpha value is -3.05. The number of nitrogens with one attached hydrogen (secondary N) is 1. The van der Waals surface area contributed by atoms with Crippen molar-refractivity contribution in [1.82, 2.24) is 5.32 Å². The normalized spacial score (nSPS) is 12.6. The molecule has 0 heterocycles. The number of ether oxygens (including phenoxy) is 1. The standard InChI is InChI=1S/C26H27NO3S/c1-18(16-20-12-14-22(15-13-20)21-8-5-4-6-9-21)31-26(29)19(2)27-25(28)23-10-7-11-24(17-23)30-3/h4-15,17-19H,16H2,1-3H3,(H,27,28)/t18-,19+/m0/s1. The highest BCUT2D eigenvalue weighted by molar-refractivity contribution is 8.14. The zero-order chi connectivity index (χ0) is 22.2. The first kappa shape index (κ1) is 22.6. The second-order valence-corrected chi connectivity index (χ2v) is 8.88. The molecule has 0 saturated carbocycles. The number of hydrogen-bond donors (Lipinski definition) is 1. The average molecular weight is 434 g/mol. The molecular formula is C26H27NO3S. The lowest BCUT2D eigenvalue weighted by Crippen LogP contribution is -2.37. The highest BCUT2D eigenvalue weighted by Gasteiger charge is 2.20. The minimum atomic E-state index is -0.577. The van der Waals surface area contributed by atoms with Crippen molar-refractivity contribution in [2.45, 2.75) is 31.6 Å². The number of methoxy groups -OCH3 is 1. The van der Waals surface area contributed by atoms with Crippen molar-refractivity contribution in [3.8, 4) is 16.9 Å². The quantitative estimate of drug-likeness (QED) is 0.519. The van der Waals surface area contributed by atoms with Gasteiger partial charge in [0.15, 0.2) is 0 Å². The van der Waals surface area contributed by atoms with Gasteiger partial charge in [0.1, 0.15) is 5.75 Å². The third-order valence-corrected chi connectivity index (χ3v) is 6.09. The summed E-state index contributed by atoms with van der Waals surface area (Å²) in [4.78, 5) is 25.0. The maximum Gasteiger partial charge on any atom is 0.252 e. The van der Waals surface area contributed by atoms with E-state index in [0.717, 1.165) is 6.42 Å². The van der Waals surface area contributed by atoms with Crippen LogP contribution in [0, 0.1) is 0 Å². The van der Waals surface area contributed by atoms with Crippen LogP contribution in [-0.4, -0.2) is 29.4 Å². The molecule has 160 valence electrons. The van der Waals surface area contributed by atoms with E-state index in [-0.39, 0.29) is 16.3 Å². The molecule has 4 nitrogen and oxygen atoms in total. The van der Waals surface area contributed by atoms with E-state index >= 15 is 0 Å². The van der Waals surface area contributed by atoms with Crippen LogP contribution in [0.3, 0.4) is 0 Å². The monoisotopic (exact) mass is 433 g/mol. The Balaban J connectivity index is 1.52. The van der Waals surface area contributed by atoms with Gasteiger partial charge in [0, 0.05) is 10.8 Å². The molecule has 0 radical (unpaired) electrons. The van der Waals surface area contributed by atoms with Gasteiger partial charge in [-0.2, -0.15) is 0 Å². The first-order valence-corrected chi connectivity index (χ1v) is 11.1. The maximum absolute atomic E-state index is 12.6. The summed E-state index contributed by atoms with van der Waals surface area (Å²) in [6, 6.07) is 25.0. The van der Waals surface area contributed by atoms with Crippen LogP contribution in [-0.2, 0) is 11.2 Å². The average Bonchev–Trinajstić information content (AvgIpc) is 2.80. The number of rotatable bonds is 8. The molecule has 0 unspecified atom stereocenters. The van der Waals surface area contributed by atoms with E-state index in [1.807, 2.05) is 25.1 Å². The molecule has 3 rings (SSSR count). The fourth-order valence-corrected chi connectivity index (χ4v) is 4.18. The van der Waals surface area contributed by atoms with E-state index in [1.165, 1.54) is 28.5 Å². The zero-order valence-corrected chi connectivity index (χ0v) is 18.8. The van der Waals surface area contributed by atoms with Crippen molar-refractivity contribution >= 4 is 22.8 Å². The maximum atomic E-state index is 12.6. The Morgan fingerprint density at radius 3 is 2.26 bits per heavy atom. The minimum absolute atomic E-state index is 0.0512. The van der Waals surface area contributed by atoms with Crippen LogP contribution >= 0.6 is 11.8 Å². The van der Waals surface area contributed by atoms with Gasteiger partial charge in [0.25, 0.3) is 5.91 Å². The first-order valence-electron chi connectivity index (χ1n) is 10.3. The van der Waals surface area contributed by atoms with E-state index in [0.29, 0.717) is 11.3 Å². The Morgan fingerprint density at radius 1 is 0.903 bits per heavy atom. The summed E-state index contributed by atoms with van der Waals surface area (Å²) in [6.45, 7) is 3.75. The Labute approximate surface area is 188 Å². The molecule has 3 aromatic carbocycles. The topological polar surface area (TPSA) is 55.4 Å². The second kappa shape index (κ2) is 10.8. The summed E-state index contributed by atoms with van der Waals surface area (Å²) >= 11 is 1.27. The van der Waals surface area contributed by atoms with Crippen molar-refractivity contribution in [1.29, 1.82) is 0 Å². The highest BCUT2D eigenvalue weighted by atomic mass is 32.2. The van der Waals surface area contributed by atoms with Crippen LogP contribution in [0.4, 0.5) is 0 Å². The van der Waals surface area contributed by atoms with E-state index < -0.39 is 6.04 Å². The van der Waals surface area contributed by atoms with Gasteiger partial charge in [-0.1, -0.05) is 79.3 Å². The van der Waals surface area contributed by atoms with E-state index in [2.05, 4.69) is 41.7 Å². The van der Waals surface area contributed by atoms with Gasteiger partial charge in [0.05, 0.1) is 13.2 Å². The summed E-state index contributed by atoms with van der Waals surface area (Å²) in [6.07, 6.45) is 0.780. The van der Waals surface area contributed by atoms with Crippen molar-refractivity contribution in [2.24, 2.45) is 0 Å². The van der Waals surface area contributed by atoms with Crippen molar-refractivity contribution in [3.05, 3.63) is 90.0 Å². The van der Waals surface area contributed by atoms with Gasteiger partial charge in [-0.15, -0.1) is 0 Å². The molecule has 3 aromatic rings. The molecule has 2 atom stereocenters. The molecule has 0 spiro atoms. The number of carbonyl (C=O) groups excluding carboxylic acids is 2. The lowest BCUT2D eigenvalue weighted by Gasteiger charge is -2.16. The SMILES string of the molecule is COc1cccc(C(=O)N[C@H](C)C(=O)S[C@@H](C)Cc2ccc(-c3ccccc3)cc2)c1.